The molecule has 5 rings (SSSR count). The minimum Gasteiger partial charge on any atom is -0.444 e. The Kier molecular flexibility index (Phi) is 6.54. The molecule has 0 unspecified atom stereocenters. The topological polar surface area (TPSA) is 99.2 Å². The Morgan fingerprint density at radius 1 is 1.08 bits per heavy atom. The lowest BCUT2D eigenvalue weighted by Crippen LogP contribution is -2.40. The minimum absolute atomic E-state index is 0.000941. The zero-order valence-electron chi connectivity index (χ0n) is 20.8. The van der Waals surface area contributed by atoms with Gasteiger partial charge in [-0.3, -0.25) is 0 Å². The van der Waals surface area contributed by atoms with Gasteiger partial charge in [0.1, 0.15) is 11.3 Å². The van der Waals surface area contributed by atoms with E-state index in [1.165, 1.54) is 0 Å². The van der Waals surface area contributed by atoms with Gasteiger partial charge in [-0.2, -0.15) is 4.98 Å². The van der Waals surface area contributed by atoms with Gasteiger partial charge >= 0.3 is 6.09 Å². The monoisotopic (exact) mass is 486 g/mol. The smallest absolute Gasteiger partial charge is 0.410 e. The largest absolute Gasteiger partial charge is 0.444 e. The van der Waals surface area contributed by atoms with E-state index in [0.717, 1.165) is 35.2 Å². The molecular formula is C27H30N6O3. The second-order valence-electron chi connectivity index (χ2n) is 10.0. The lowest BCUT2D eigenvalue weighted by molar-refractivity contribution is 0.0222. The summed E-state index contributed by atoms with van der Waals surface area (Å²) in [5.41, 5.74) is 3.32. The van der Waals surface area contributed by atoms with Gasteiger partial charge in [-0.25, -0.2) is 9.48 Å². The van der Waals surface area contributed by atoms with E-state index in [0.29, 0.717) is 31.2 Å². The number of carbonyl (C=O) groups excluding carboxylic acids is 1. The number of benzene rings is 2. The number of amides is 1. The summed E-state index contributed by atoms with van der Waals surface area (Å²) in [6.45, 7) is 6.92. The van der Waals surface area contributed by atoms with E-state index in [1.54, 1.807) is 4.90 Å². The molecule has 0 saturated carbocycles. The molecule has 4 aromatic rings. The number of hydrogen-bond acceptors (Lipinski definition) is 7. The Hall–Kier alpha value is -4.01. The molecule has 186 valence electrons. The molecular weight excluding hydrogens is 456 g/mol. The van der Waals surface area contributed by atoms with E-state index in [1.807, 2.05) is 86.2 Å². The van der Waals surface area contributed by atoms with Gasteiger partial charge in [0, 0.05) is 30.1 Å². The number of aromatic nitrogens is 5. The summed E-state index contributed by atoms with van der Waals surface area (Å²) in [5, 5.41) is 12.7. The SMILES string of the molecule is CC(C)(C)OC(=O)N1CCC[C@H]1Cc1nc(-c2ccc(Cn3cc(-c4ccccc4)nn3)cc2)no1. The van der Waals surface area contributed by atoms with Crippen LogP contribution >= 0.6 is 0 Å². The Morgan fingerprint density at radius 2 is 1.86 bits per heavy atom. The van der Waals surface area contributed by atoms with E-state index < -0.39 is 5.60 Å². The molecule has 36 heavy (non-hydrogen) atoms. The molecule has 2 aromatic carbocycles. The van der Waals surface area contributed by atoms with Crippen molar-refractivity contribution in [2.24, 2.45) is 0 Å². The number of ether oxygens (including phenoxy) is 1. The van der Waals surface area contributed by atoms with Crippen molar-refractivity contribution in [1.82, 2.24) is 30.0 Å². The second-order valence-corrected chi connectivity index (χ2v) is 10.0. The van der Waals surface area contributed by atoms with Gasteiger partial charge < -0.3 is 14.2 Å². The van der Waals surface area contributed by atoms with Crippen molar-refractivity contribution in [1.29, 1.82) is 0 Å². The number of hydrogen-bond donors (Lipinski definition) is 0. The van der Waals surface area contributed by atoms with Crippen LogP contribution in [0.4, 0.5) is 4.79 Å². The van der Waals surface area contributed by atoms with Crippen molar-refractivity contribution in [2.75, 3.05) is 6.54 Å². The number of nitrogens with zero attached hydrogens (tertiary/aromatic N) is 6. The van der Waals surface area contributed by atoms with Crippen molar-refractivity contribution in [3.63, 3.8) is 0 Å². The molecule has 0 radical (unpaired) electrons. The van der Waals surface area contributed by atoms with Crippen molar-refractivity contribution in [2.45, 2.75) is 58.2 Å². The van der Waals surface area contributed by atoms with Crippen molar-refractivity contribution in [3.05, 3.63) is 72.2 Å². The van der Waals surface area contributed by atoms with Crippen LogP contribution in [0, 0.1) is 0 Å². The van der Waals surface area contributed by atoms with Crippen LogP contribution in [0.25, 0.3) is 22.6 Å². The maximum absolute atomic E-state index is 12.6. The first-order chi connectivity index (χ1) is 17.3. The van der Waals surface area contributed by atoms with Gasteiger partial charge in [0.2, 0.25) is 11.7 Å². The first kappa shape index (κ1) is 23.7. The summed E-state index contributed by atoms with van der Waals surface area (Å²) in [6.07, 6.45) is 3.99. The fraction of sp³-hybridized carbons (Fsp3) is 0.370. The van der Waals surface area contributed by atoms with Gasteiger partial charge in [-0.05, 0) is 39.2 Å². The van der Waals surface area contributed by atoms with E-state index in [-0.39, 0.29) is 12.1 Å². The Balaban J connectivity index is 1.21. The van der Waals surface area contributed by atoms with Gasteiger partial charge in [-0.15, -0.1) is 5.10 Å². The van der Waals surface area contributed by atoms with Gasteiger partial charge in [0.25, 0.3) is 0 Å². The van der Waals surface area contributed by atoms with Crippen LogP contribution in [0.2, 0.25) is 0 Å². The Morgan fingerprint density at radius 3 is 2.61 bits per heavy atom. The lowest BCUT2D eigenvalue weighted by atomic mass is 10.1. The zero-order valence-corrected chi connectivity index (χ0v) is 20.8. The lowest BCUT2D eigenvalue weighted by Gasteiger charge is -2.28. The molecule has 1 saturated heterocycles. The maximum atomic E-state index is 12.6. The molecule has 1 aliphatic heterocycles. The average molecular weight is 487 g/mol. The van der Waals surface area contributed by atoms with Gasteiger partial charge in [0.05, 0.1) is 12.7 Å². The molecule has 9 heteroatoms. The molecule has 2 aromatic heterocycles. The van der Waals surface area contributed by atoms with Crippen molar-refractivity contribution < 1.29 is 14.1 Å². The van der Waals surface area contributed by atoms with Crippen LogP contribution in [0.5, 0.6) is 0 Å². The highest BCUT2D eigenvalue weighted by molar-refractivity contribution is 5.69. The number of rotatable bonds is 6. The highest BCUT2D eigenvalue weighted by Crippen LogP contribution is 2.25. The van der Waals surface area contributed by atoms with Crippen LogP contribution in [-0.4, -0.2) is 54.3 Å². The zero-order chi connectivity index (χ0) is 25.1. The fourth-order valence-electron chi connectivity index (χ4n) is 4.33. The van der Waals surface area contributed by atoms with E-state index in [9.17, 15) is 4.79 Å². The fourth-order valence-corrected chi connectivity index (χ4v) is 4.33. The first-order valence-corrected chi connectivity index (χ1v) is 12.2. The molecule has 0 spiro atoms. The molecule has 0 aliphatic carbocycles. The molecule has 1 aliphatic rings. The summed E-state index contributed by atoms with van der Waals surface area (Å²) in [6, 6.07) is 18.0. The number of carbonyl (C=O) groups is 1. The highest BCUT2D eigenvalue weighted by atomic mass is 16.6. The standard InChI is InChI=1S/C27H30N6O3/c1-27(2,3)35-26(34)33-15-7-10-22(33)16-24-28-25(30-36-24)21-13-11-19(12-14-21)17-32-18-23(29-31-32)20-8-5-4-6-9-20/h4-6,8-9,11-14,18,22H,7,10,15-17H2,1-3H3/t22-/m0/s1. The van der Waals surface area contributed by atoms with E-state index in [4.69, 9.17) is 9.26 Å². The number of likely N-dealkylation sites (tertiary alicyclic amines) is 1. The molecule has 3 heterocycles. The van der Waals surface area contributed by atoms with Crippen LogP contribution in [0.3, 0.4) is 0 Å². The first-order valence-electron chi connectivity index (χ1n) is 12.2. The van der Waals surface area contributed by atoms with Crippen LogP contribution in [0.1, 0.15) is 45.1 Å². The molecule has 1 amide bonds. The van der Waals surface area contributed by atoms with Crippen molar-refractivity contribution >= 4 is 6.09 Å². The van der Waals surface area contributed by atoms with Crippen LogP contribution < -0.4 is 0 Å². The highest BCUT2D eigenvalue weighted by Gasteiger charge is 2.33. The third-order valence-corrected chi connectivity index (χ3v) is 6.05. The van der Waals surface area contributed by atoms with Crippen LogP contribution in [0.15, 0.2) is 65.3 Å². The molecule has 0 bridgehead atoms. The average Bonchev–Trinajstić information content (AvgIpc) is 3.61. The summed E-state index contributed by atoms with van der Waals surface area (Å²) >= 11 is 0. The molecule has 9 nitrogen and oxygen atoms in total. The minimum atomic E-state index is -0.522. The molecule has 1 fully saturated rings. The van der Waals surface area contributed by atoms with E-state index in [2.05, 4.69) is 20.5 Å². The normalized spacial score (nSPS) is 15.9. The van der Waals surface area contributed by atoms with Crippen molar-refractivity contribution in [3.8, 4) is 22.6 Å². The van der Waals surface area contributed by atoms with Gasteiger partial charge in [-0.1, -0.05) is 65.0 Å². The van der Waals surface area contributed by atoms with Gasteiger partial charge in [0.15, 0.2) is 0 Å². The Bertz CT molecular complexity index is 1310. The Labute approximate surface area is 210 Å². The quantitative estimate of drug-likeness (QED) is 0.379. The van der Waals surface area contributed by atoms with E-state index >= 15 is 0 Å². The summed E-state index contributed by atoms with van der Waals surface area (Å²) in [5.74, 6) is 1.05. The summed E-state index contributed by atoms with van der Waals surface area (Å²) in [7, 11) is 0. The maximum Gasteiger partial charge on any atom is 0.410 e. The predicted molar refractivity (Wildman–Crippen MR) is 134 cm³/mol. The summed E-state index contributed by atoms with van der Waals surface area (Å²) < 4.78 is 12.9. The third kappa shape index (κ3) is 5.62. The molecule has 0 N–H and O–H groups in total. The molecule has 1 atom stereocenters. The predicted octanol–water partition coefficient (Wildman–Crippen LogP) is 4.99. The second kappa shape index (κ2) is 9.93. The summed E-state index contributed by atoms with van der Waals surface area (Å²) in [4.78, 5) is 18.9. The third-order valence-electron chi connectivity index (χ3n) is 6.05. The van der Waals surface area contributed by atoms with Crippen LogP contribution in [-0.2, 0) is 17.7 Å².